The van der Waals surface area contributed by atoms with E-state index >= 15 is 0 Å². The molecular formula is C13H22N2O3. The van der Waals surface area contributed by atoms with Gasteiger partial charge in [0, 0.05) is 13.1 Å². The number of carboxylic acids is 1. The van der Waals surface area contributed by atoms with Gasteiger partial charge in [-0.1, -0.05) is 12.8 Å². The number of hydrogen-bond acceptors (Lipinski definition) is 2. The number of rotatable bonds is 4. The van der Waals surface area contributed by atoms with E-state index in [1.807, 2.05) is 0 Å². The minimum Gasteiger partial charge on any atom is -0.480 e. The van der Waals surface area contributed by atoms with Gasteiger partial charge in [0.1, 0.15) is 5.54 Å². The van der Waals surface area contributed by atoms with Crippen LogP contribution in [0.15, 0.2) is 0 Å². The molecule has 2 amide bonds. The van der Waals surface area contributed by atoms with E-state index in [0.717, 1.165) is 38.5 Å². The maximum Gasteiger partial charge on any atom is 0.329 e. The number of nitrogens with one attached hydrogen (secondary N) is 1. The third-order valence-corrected chi connectivity index (χ3v) is 4.40. The molecule has 1 unspecified atom stereocenters. The Morgan fingerprint density at radius 2 is 1.78 bits per heavy atom. The van der Waals surface area contributed by atoms with Crippen LogP contribution in [0.3, 0.4) is 0 Å². The number of carbonyl (C=O) groups excluding carboxylic acids is 1. The number of urea groups is 1. The van der Waals surface area contributed by atoms with Crippen LogP contribution in [0.25, 0.3) is 0 Å². The van der Waals surface area contributed by atoms with Crippen molar-refractivity contribution in [2.45, 2.75) is 57.0 Å². The molecule has 2 saturated carbocycles. The van der Waals surface area contributed by atoms with Gasteiger partial charge >= 0.3 is 12.0 Å². The van der Waals surface area contributed by atoms with Gasteiger partial charge in [0.2, 0.25) is 0 Å². The van der Waals surface area contributed by atoms with Crippen molar-refractivity contribution in [3.8, 4) is 0 Å². The Hall–Kier alpha value is -1.26. The Morgan fingerprint density at radius 1 is 1.22 bits per heavy atom. The predicted octanol–water partition coefficient (Wildman–Crippen LogP) is 1.82. The largest absolute Gasteiger partial charge is 0.480 e. The molecule has 5 heteroatoms. The second-order valence-electron chi connectivity index (χ2n) is 5.76. The molecule has 2 N–H and O–H groups in total. The van der Waals surface area contributed by atoms with Gasteiger partial charge in [0.05, 0.1) is 0 Å². The van der Waals surface area contributed by atoms with E-state index in [2.05, 4.69) is 5.32 Å². The van der Waals surface area contributed by atoms with E-state index in [9.17, 15) is 14.7 Å². The van der Waals surface area contributed by atoms with E-state index in [1.54, 1.807) is 18.9 Å². The van der Waals surface area contributed by atoms with Crippen LogP contribution in [0.2, 0.25) is 0 Å². The minimum atomic E-state index is -1.11. The molecule has 2 aliphatic rings. The van der Waals surface area contributed by atoms with Crippen LogP contribution in [-0.4, -0.2) is 40.6 Å². The summed E-state index contributed by atoms with van der Waals surface area (Å²) in [6.07, 6.45) is 6.13. The summed E-state index contributed by atoms with van der Waals surface area (Å²) >= 11 is 0. The van der Waals surface area contributed by atoms with Crippen molar-refractivity contribution < 1.29 is 14.7 Å². The molecule has 0 saturated heterocycles. The standard InChI is InChI=1S/C13H22N2O3/c1-13(11(16)17,9-7-8-9)14-12(18)15(2)10-5-3-4-6-10/h9-10H,3-8H2,1-2H3,(H,14,18)(H,16,17). The lowest BCUT2D eigenvalue weighted by molar-refractivity contribution is -0.144. The summed E-state index contributed by atoms with van der Waals surface area (Å²) in [7, 11) is 1.76. The quantitative estimate of drug-likeness (QED) is 0.804. The lowest BCUT2D eigenvalue weighted by Gasteiger charge is -2.31. The molecule has 2 rings (SSSR count). The molecule has 2 aliphatic carbocycles. The van der Waals surface area contributed by atoms with Crippen LogP contribution in [0.1, 0.15) is 45.4 Å². The normalized spacial score (nSPS) is 23.4. The third-order valence-electron chi connectivity index (χ3n) is 4.40. The van der Waals surface area contributed by atoms with E-state index in [-0.39, 0.29) is 18.0 Å². The summed E-state index contributed by atoms with van der Waals surface area (Å²) in [5, 5.41) is 12.0. The van der Waals surface area contributed by atoms with Crippen molar-refractivity contribution >= 4 is 12.0 Å². The number of aliphatic carboxylic acids is 1. The number of hydrogen-bond donors (Lipinski definition) is 2. The topological polar surface area (TPSA) is 69.6 Å². The highest BCUT2D eigenvalue weighted by Crippen LogP contribution is 2.40. The lowest BCUT2D eigenvalue weighted by atomic mass is 9.96. The monoisotopic (exact) mass is 254 g/mol. The van der Waals surface area contributed by atoms with Crippen molar-refractivity contribution in [1.29, 1.82) is 0 Å². The molecule has 18 heavy (non-hydrogen) atoms. The zero-order chi connectivity index (χ0) is 13.3. The molecule has 0 aromatic rings. The van der Waals surface area contributed by atoms with Gasteiger partial charge in [-0.3, -0.25) is 0 Å². The van der Waals surface area contributed by atoms with Gasteiger partial charge in [0.25, 0.3) is 0 Å². The van der Waals surface area contributed by atoms with Gasteiger partial charge in [-0.25, -0.2) is 9.59 Å². The Labute approximate surface area is 108 Å². The number of carboxylic acid groups (broad SMARTS) is 1. The van der Waals surface area contributed by atoms with Crippen molar-refractivity contribution in [3.05, 3.63) is 0 Å². The molecule has 0 spiro atoms. The van der Waals surface area contributed by atoms with Crippen molar-refractivity contribution in [2.24, 2.45) is 5.92 Å². The molecule has 1 atom stereocenters. The smallest absolute Gasteiger partial charge is 0.329 e. The van der Waals surface area contributed by atoms with E-state index in [4.69, 9.17) is 0 Å². The summed E-state index contributed by atoms with van der Waals surface area (Å²) in [4.78, 5) is 25.2. The number of nitrogens with zero attached hydrogens (tertiary/aromatic N) is 1. The maximum atomic E-state index is 12.1. The van der Waals surface area contributed by atoms with Gasteiger partial charge < -0.3 is 15.3 Å². The van der Waals surface area contributed by atoms with Gasteiger partial charge in [0.15, 0.2) is 0 Å². The van der Waals surface area contributed by atoms with E-state index in [1.165, 1.54) is 0 Å². The van der Waals surface area contributed by atoms with E-state index in [0.29, 0.717) is 0 Å². The minimum absolute atomic E-state index is 0.0796. The molecule has 102 valence electrons. The summed E-state index contributed by atoms with van der Waals surface area (Å²) in [6, 6.07) is 0.0148. The Morgan fingerprint density at radius 3 is 2.22 bits per heavy atom. The van der Waals surface area contributed by atoms with Crippen LogP contribution >= 0.6 is 0 Å². The van der Waals surface area contributed by atoms with Crippen LogP contribution in [-0.2, 0) is 4.79 Å². The molecule has 2 fully saturated rings. The zero-order valence-corrected chi connectivity index (χ0v) is 11.1. The fraction of sp³-hybridized carbons (Fsp3) is 0.846. The molecule has 0 radical (unpaired) electrons. The average molecular weight is 254 g/mol. The fourth-order valence-corrected chi connectivity index (χ4v) is 2.76. The first-order valence-corrected chi connectivity index (χ1v) is 6.73. The van der Waals surface area contributed by atoms with Crippen molar-refractivity contribution in [2.75, 3.05) is 7.05 Å². The molecule has 5 nitrogen and oxygen atoms in total. The van der Waals surface area contributed by atoms with E-state index < -0.39 is 11.5 Å². The fourth-order valence-electron chi connectivity index (χ4n) is 2.76. The highest BCUT2D eigenvalue weighted by Gasteiger charge is 2.49. The predicted molar refractivity (Wildman–Crippen MR) is 67.3 cm³/mol. The second kappa shape index (κ2) is 4.78. The Bertz CT molecular complexity index is 348. The molecule has 0 heterocycles. The lowest BCUT2D eigenvalue weighted by Crippen LogP contribution is -2.58. The average Bonchev–Trinajstić information content (AvgIpc) is 3.04. The number of carbonyl (C=O) groups is 2. The SMILES string of the molecule is CN(C(=O)NC(C)(C(=O)O)C1CC1)C1CCCC1. The van der Waals surface area contributed by atoms with Crippen molar-refractivity contribution in [3.63, 3.8) is 0 Å². The van der Waals surface area contributed by atoms with Crippen LogP contribution in [0.5, 0.6) is 0 Å². The summed E-state index contributed by atoms with van der Waals surface area (Å²) in [6.45, 7) is 1.62. The summed E-state index contributed by atoms with van der Waals surface area (Å²) in [5.74, 6) is -0.853. The van der Waals surface area contributed by atoms with Gasteiger partial charge in [-0.05, 0) is 38.5 Å². The number of amides is 2. The highest BCUT2D eigenvalue weighted by molar-refractivity contribution is 5.86. The zero-order valence-electron chi connectivity index (χ0n) is 11.1. The summed E-state index contributed by atoms with van der Waals surface area (Å²) in [5.41, 5.74) is -1.11. The maximum absolute atomic E-state index is 12.1. The van der Waals surface area contributed by atoms with Crippen molar-refractivity contribution in [1.82, 2.24) is 10.2 Å². The first-order valence-electron chi connectivity index (χ1n) is 6.73. The molecule has 0 aromatic carbocycles. The van der Waals surface area contributed by atoms with Crippen LogP contribution in [0.4, 0.5) is 4.79 Å². The third kappa shape index (κ3) is 2.44. The molecule has 0 bridgehead atoms. The molecular weight excluding hydrogens is 232 g/mol. The van der Waals surface area contributed by atoms with Crippen LogP contribution < -0.4 is 5.32 Å². The molecule has 0 aromatic heterocycles. The Balaban J connectivity index is 1.98. The Kier molecular flexibility index (Phi) is 3.50. The second-order valence-corrected chi connectivity index (χ2v) is 5.76. The molecule has 0 aliphatic heterocycles. The van der Waals surface area contributed by atoms with Gasteiger partial charge in [-0.2, -0.15) is 0 Å². The van der Waals surface area contributed by atoms with Crippen LogP contribution in [0, 0.1) is 5.92 Å². The first kappa shape index (κ1) is 13.2. The summed E-state index contributed by atoms with van der Waals surface area (Å²) < 4.78 is 0. The highest BCUT2D eigenvalue weighted by atomic mass is 16.4. The van der Waals surface area contributed by atoms with Gasteiger partial charge in [-0.15, -0.1) is 0 Å². The first-order chi connectivity index (χ1) is 8.45.